The van der Waals surface area contributed by atoms with Gasteiger partial charge in [0.2, 0.25) is 5.91 Å². The van der Waals surface area contributed by atoms with Gasteiger partial charge in [-0.3, -0.25) is 9.69 Å². The molecule has 0 spiro atoms. The largest absolute Gasteiger partial charge is 0.339 e. The van der Waals surface area contributed by atoms with Crippen molar-refractivity contribution in [3.8, 4) is 0 Å². The van der Waals surface area contributed by atoms with Crippen molar-refractivity contribution in [3.05, 3.63) is 0 Å². The Labute approximate surface area is 105 Å². The Kier molecular flexibility index (Phi) is 5.92. The Morgan fingerprint density at radius 1 is 1.41 bits per heavy atom. The normalized spacial score (nSPS) is 23.8. The molecule has 1 saturated heterocycles. The van der Waals surface area contributed by atoms with Crippen LogP contribution in [0.5, 0.6) is 0 Å². The van der Waals surface area contributed by atoms with E-state index in [1.807, 2.05) is 4.90 Å². The molecule has 4 heteroatoms. The molecule has 1 rings (SSSR count). The number of carbonyl (C=O) groups excluding carboxylic acids is 1. The number of hydrogen-bond acceptors (Lipinski definition) is 3. The first-order chi connectivity index (χ1) is 8.08. The Balaban J connectivity index is 2.37. The average Bonchev–Trinajstić information content (AvgIpc) is 2.35. The van der Waals surface area contributed by atoms with Crippen LogP contribution in [0.3, 0.4) is 0 Å². The third-order valence-corrected chi connectivity index (χ3v) is 3.82. The molecule has 100 valence electrons. The van der Waals surface area contributed by atoms with E-state index in [9.17, 15) is 4.79 Å². The summed E-state index contributed by atoms with van der Waals surface area (Å²) in [6, 6.07) is 0.949. The number of piperazine rings is 1. The van der Waals surface area contributed by atoms with Crippen LogP contribution in [0.15, 0.2) is 0 Å². The van der Waals surface area contributed by atoms with Crippen LogP contribution in [0, 0.1) is 0 Å². The van der Waals surface area contributed by atoms with Gasteiger partial charge in [-0.1, -0.05) is 13.8 Å². The summed E-state index contributed by atoms with van der Waals surface area (Å²) in [4.78, 5) is 16.4. The lowest BCUT2D eigenvalue weighted by Crippen LogP contribution is -2.54. The summed E-state index contributed by atoms with van der Waals surface area (Å²) in [6.07, 6.45) is 2.17. The standard InChI is InChI=1S/C13H27N3O/c1-5-11(3)14-9-13(17)16-8-7-15(4)12(6-2)10-16/h11-12,14H,5-10H2,1-4H3. The maximum absolute atomic E-state index is 12.0. The zero-order valence-electron chi connectivity index (χ0n) is 11.7. The SMILES string of the molecule is CCC(C)NCC(=O)N1CCN(C)C(CC)C1. The van der Waals surface area contributed by atoms with Gasteiger partial charge in [0.1, 0.15) is 0 Å². The van der Waals surface area contributed by atoms with Gasteiger partial charge in [0.05, 0.1) is 6.54 Å². The van der Waals surface area contributed by atoms with Crippen LogP contribution in [0.1, 0.15) is 33.6 Å². The molecule has 2 atom stereocenters. The van der Waals surface area contributed by atoms with Crippen LogP contribution in [0.25, 0.3) is 0 Å². The maximum atomic E-state index is 12.0. The molecule has 1 amide bonds. The third-order valence-electron chi connectivity index (χ3n) is 3.82. The van der Waals surface area contributed by atoms with Crippen LogP contribution in [0.2, 0.25) is 0 Å². The van der Waals surface area contributed by atoms with E-state index in [0.717, 1.165) is 32.5 Å². The number of nitrogens with one attached hydrogen (secondary N) is 1. The first kappa shape index (κ1) is 14.5. The summed E-state index contributed by atoms with van der Waals surface area (Å²) < 4.78 is 0. The van der Waals surface area contributed by atoms with Crippen LogP contribution in [0.4, 0.5) is 0 Å². The van der Waals surface area contributed by atoms with Crippen molar-refractivity contribution in [2.24, 2.45) is 0 Å². The van der Waals surface area contributed by atoms with Crippen molar-refractivity contribution >= 4 is 5.91 Å². The monoisotopic (exact) mass is 241 g/mol. The first-order valence-corrected chi connectivity index (χ1v) is 6.79. The second kappa shape index (κ2) is 6.97. The zero-order valence-corrected chi connectivity index (χ0v) is 11.7. The predicted molar refractivity (Wildman–Crippen MR) is 71.0 cm³/mol. The fourth-order valence-corrected chi connectivity index (χ4v) is 2.13. The lowest BCUT2D eigenvalue weighted by atomic mass is 10.1. The van der Waals surface area contributed by atoms with Crippen LogP contribution < -0.4 is 5.32 Å². The fraction of sp³-hybridized carbons (Fsp3) is 0.923. The molecule has 1 N–H and O–H groups in total. The van der Waals surface area contributed by atoms with E-state index >= 15 is 0 Å². The van der Waals surface area contributed by atoms with Crippen molar-refractivity contribution in [3.63, 3.8) is 0 Å². The van der Waals surface area contributed by atoms with Gasteiger partial charge in [-0.05, 0) is 26.8 Å². The van der Waals surface area contributed by atoms with Gasteiger partial charge in [-0.25, -0.2) is 0 Å². The highest BCUT2D eigenvalue weighted by molar-refractivity contribution is 5.78. The molecule has 0 bridgehead atoms. The molecule has 17 heavy (non-hydrogen) atoms. The van der Waals surface area contributed by atoms with Crippen molar-refractivity contribution in [1.82, 2.24) is 15.1 Å². The smallest absolute Gasteiger partial charge is 0.236 e. The molecule has 0 saturated carbocycles. The summed E-state index contributed by atoms with van der Waals surface area (Å²) in [6.45, 7) is 9.66. The third kappa shape index (κ3) is 4.28. The number of carbonyl (C=O) groups is 1. The molecule has 2 unspecified atom stereocenters. The van der Waals surface area contributed by atoms with Gasteiger partial charge >= 0.3 is 0 Å². The first-order valence-electron chi connectivity index (χ1n) is 6.79. The molecule has 1 heterocycles. The molecule has 0 aromatic carbocycles. The minimum Gasteiger partial charge on any atom is -0.339 e. The quantitative estimate of drug-likeness (QED) is 0.778. The topological polar surface area (TPSA) is 35.6 Å². The Bertz CT molecular complexity index is 245. The summed E-state index contributed by atoms with van der Waals surface area (Å²) in [5, 5.41) is 3.27. The minimum absolute atomic E-state index is 0.247. The highest BCUT2D eigenvalue weighted by Gasteiger charge is 2.25. The van der Waals surface area contributed by atoms with Crippen molar-refractivity contribution in [2.75, 3.05) is 33.2 Å². The van der Waals surface area contributed by atoms with Gasteiger partial charge in [-0.15, -0.1) is 0 Å². The molecular weight excluding hydrogens is 214 g/mol. The van der Waals surface area contributed by atoms with Gasteiger partial charge < -0.3 is 10.2 Å². The predicted octanol–water partition coefficient (Wildman–Crippen LogP) is 0.927. The van der Waals surface area contributed by atoms with E-state index < -0.39 is 0 Å². The van der Waals surface area contributed by atoms with Crippen molar-refractivity contribution in [2.45, 2.75) is 45.7 Å². The van der Waals surface area contributed by atoms with Crippen LogP contribution in [-0.2, 0) is 4.79 Å². The lowest BCUT2D eigenvalue weighted by Gasteiger charge is -2.39. The number of amides is 1. The van der Waals surface area contributed by atoms with E-state index in [1.165, 1.54) is 0 Å². The van der Waals surface area contributed by atoms with Gasteiger partial charge in [0, 0.05) is 31.7 Å². The molecule has 4 nitrogen and oxygen atoms in total. The molecule has 0 aliphatic carbocycles. The van der Waals surface area contributed by atoms with Crippen molar-refractivity contribution in [1.29, 1.82) is 0 Å². The second-order valence-electron chi connectivity index (χ2n) is 5.07. The maximum Gasteiger partial charge on any atom is 0.236 e. The second-order valence-corrected chi connectivity index (χ2v) is 5.07. The van der Waals surface area contributed by atoms with Crippen LogP contribution >= 0.6 is 0 Å². The van der Waals surface area contributed by atoms with E-state index in [4.69, 9.17) is 0 Å². The lowest BCUT2D eigenvalue weighted by molar-refractivity contribution is -0.133. The highest BCUT2D eigenvalue weighted by atomic mass is 16.2. The Hall–Kier alpha value is -0.610. The number of nitrogens with zero attached hydrogens (tertiary/aromatic N) is 2. The fourth-order valence-electron chi connectivity index (χ4n) is 2.13. The summed E-state index contributed by atoms with van der Waals surface area (Å²) in [5.41, 5.74) is 0. The summed E-state index contributed by atoms with van der Waals surface area (Å²) in [5.74, 6) is 0.247. The van der Waals surface area contributed by atoms with E-state index in [-0.39, 0.29) is 5.91 Å². The van der Waals surface area contributed by atoms with E-state index in [2.05, 4.69) is 38.0 Å². The van der Waals surface area contributed by atoms with Crippen LogP contribution in [-0.4, -0.2) is 61.0 Å². The van der Waals surface area contributed by atoms with E-state index in [0.29, 0.717) is 18.6 Å². The van der Waals surface area contributed by atoms with E-state index in [1.54, 1.807) is 0 Å². The van der Waals surface area contributed by atoms with Gasteiger partial charge in [0.15, 0.2) is 0 Å². The summed E-state index contributed by atoms with van der Waals surface area (Å²) in [7, 11) is 2.15. The Morgan fingerprint density at radius 3 is 2.71 bits per heavy atom. The average molecular weight is 241 g/mol. The zero-order chi connectivity index (χ0) is 12.8. The van der Waals surface area contributed by atoms with Crippen molar-refractivity contribution < 1.29 is 4.79 Å². The molecule has 0 aromatic rings. The molecular formula is C13H27N3O. The molecule has 1 aliphatic heterocycles. The summed E-state index contributed by atoms with van der Waals surface area (Å²) >= 11 is 0. The highest BCUT2D eigenvalue weighted by Crippen LogP contribution is 2.10. The Morgan fingerprint density at radius 2 is 2.12 bits per heavy atom. The number of hydrogen-bond donors (Lipinski definition) is 1. The minimum atomic E-state index is 0.247. The molecule has 0 radical (unpaired) electrons. The molecule has 1 aliphatic rings. The number of rotatable bonds is 5. The van der Waals surface area contributed by atoms with Gasteiger partial charge in [0.25, 0.3) is 0 Å². The molecule has 0 aromatic heterocycles. The van der Waals surface area contributed by atoms with Gasteiger partial charge in [-0.2, -0.15) is 0 Å². The molecule has 1 fully saturated rings. The number of likely N-dealkylation sites (N-methyl/N-ethyl adjacent to an activating group) is 1.